The fourth-order valence-electron chi connectivity index (χ4n) is 2.81. The van der Waals surface area contributed by atoms with E-state index < -0.39 is 15.6 Å². The maximum absolute atomic E-state index is 12.8. The predicted octanol–water partition coefficient (Wildman–Crippen LogP) is 3.59. The minimum Gasteiger partial charge on any atom is -0.484 e. The molecule has 1 aliphatic heterocycles. The summed E-state index contributed by atoms with van der Waals surface area (Å²) in [5, 5.41) is 2.15. The number of nitrogens with zero attached hydrogens (tertiary/aromatic N) is 2. The number of nitrogens with one attached hydrogen (secondary N) is 1. The first-order valence-corrected chi connectivity index (χ1v) is 10.9. The predicted molar refractivity (Wildman–Crippen MR) is 106 cm³/mol. The van der Waals surface area contributed by atoms with E-state index in [2.05, 4.69) is 9.71 Å². The number of hydrogen-bond donors (Lipinski definition) is 1. The minimum absolute atomic E-state index is 0.0529. The van der Waals surface area contributed by atoms with Gasteiger partial charge in [-0.1, -0.05) is 13.8 Å². The van der Waals surface area contributed by atoms with Crippen molar-refractivity contribution in [1.29, 1.82) is 0 Å². The summed E-state index contributed by atoms with van der Waals surface area (Å²) in [4.78, 5) is 18.0. The third-order valence-electron chi connectivity index (χ3n) is 4.17. The molecule has 0 spiro atoms. The summed E-state index contributed by atoms with van der Waals surface area (Å²) in [6.07, 6.45) is 0. The smallest absolute Gasteiger partial charge is 0.263 e. The number of carbonyl (C=O) groups excluding carboxylic acids is 1. The van der Waals surface area contributed by atoms with Crippen LogP contribution in [0.5, 0.6) is 5.75 Å². The first-order valence-electron chi connectivity index (χ1n) is 8.58. The number of anilines is 2. The van der Waals surface area contributed by atoms with Gasteiger partial charge in [-0.3, -0.25) is 9.52 Å². The summed E-state index contributed by atoms with van der Waals surface area (Å²) in [6, 6.07) is 4.52. The average molecular weight is 410 g/mol. The molecule has 146 valence electrons. The highest BCUT2D eigenvalue weighted by Gasteiger charge is 2.34. The summed E-state index contributed by atoms with van der Waals surface area (Å²) in [6.45, 7) is 9.55. The molecule has 1 aromatic carbocycles. The third-order valence-corrected chi connectivity index (χ3v) is 6.41. The van der Waals surface area contributed by atoms with Gasteiger partial charge in [-0.15, -0.1) is 11.3 Å². The lowest BCUT2D eigenvalue weighted by atomic mass is 10.1. The summed E-state index contributed by atoms with van der Waals surface area (Å²) >= 11 is 1.24. The topological polar surface area (TPSA) is 88.6 Å². The number of hydrogen-bond acceptors (Lipinski definition) is 6. The highest BCUT2D eigenvalue weighted by molar-refractivity contribution is 7.93. The van der Waals surface area contributed by atoms with Gasteiger partial charge in [-0.2, -0.15) is 0 Å². The average Bonchev–Trinajstić information content (AvgIpc) is 3.00. The summed E-state index contributed by atoms with van der Waals surface area (Å²) in [5.41, 5.74) is 0.735. The van der Waals surface area contributed by atoms with E-state index in [1.54, 1.807) is 6.07 Å². The Kier molecular flexibility index (Phi) is 4.94. The molecule has 1 N–H and O–H groups in total. The van der Waals surface area contributed by atoms with Crippen LogP contribution in [0.1, 0.15) is 46.2 Å². The molecule has 27 heavy (non-hydrogen) atoms. The summed E-state index contributed by atoms with van der Waals surface area (Å²) < 4.78 is 34.0. The van der Waals surface area contributed by atoms with Gasteiger partial charge in [-0.05, 0) is 38.0 Å². The van der Waals surface area contributed by atoms with E-state index in [0.29, 0.717) is 23.1 Å². The molecule has 0 aliphatic carbocycles. The Hall–Kier alpha value is -2.13. The Morgan fingerprint density at radius 1 is 1.37 bits per heavy atom. The normalized spacial score (nSPS) is 16.0. The van der Waals surface area contributed by atoms with Crippen molar-refractivity contribution < 1.29 is 17.9 Å². The Morgan fingerprint density at radius 2 is 2.07 bits per heavy atom. The zero-order chi connectivity index (χ0) is 20.0. The Balaban J connectivity index is 1.95. The van der Waals surface area contributed by atoms with Crippen molar-refractivity contribution in [1.82, 2.24) is 4.98 Å². The number of carbonyl (C=O) groups is 1. The van der Waals surface area contributed by atoms with Crippen molar-refractivity contribution in [2.75, 3.05) is 16.2 Å². The van der Waals surface area contributed by atoms with E-state index in [0.717, 1.165) is 5.69 Å². The van der Waals surface area contributed by atoms with E-state index in [9.17, 15) is 13.2 Å². The highest BCUT2D eigenvalue weighted by Crippen LogP contribution is 2.39. The zero-order valence-electron chi connectivity index (χ0n) is 15.9. The molecule has 2 heterocycles. The van der Waals surface area contributed by atoms with Crippen LogP contribution in [-0.2, 0) is 14.8 Å². The quantitative estimate of drug-likeness (QED) is 0.834. The fraction of sp³-hybridized carbons (Fsp3) is 0.444. The van der Waals surface area contributed by atoms with Crippen LogP contribution in [0, 0.1) is 0 Å². The van der Waals surface area contributed by atoms with Gasteiger partial charge in [0.15, 0.2) is 5.13 Å². The van der Waals surface area contributed by atoms with Gasteiger partial charge in [0.1, 0.15) is 11.4 Å². The van der Waals surface area contributed by atoms with E-state index >= 15 is 0 Å². The maximum Gasteiger partial charge on any atom is 0.263 e. The molecule has 0 unspecified atom stereocenters. The van der Waals surface area contributed by atoms with Crippen molar-refractivity contribution in [3.8, 4) is 5.75 Å². The second-order valence-corrected chi connectivity index (χ2v) is 9.97. The molecule has 0 bridgehead atoms. The highest BCUT2D eigenvalue weighted by atomic mass is 32.2. The van der Waals surface area contributed by atoms with E-state index in [1.165, 1.54) is 35.3 Å². The fourth-order valence-corrected chi connectivity index (χ4v) is 4.95. The molecule has 0 radical (unpaired) electrons. The number of amides is 1. The number of ether oxygens (including phenoxy) is 1. The first kappa shape index (κ1) is 19.6. The van der Waals surface area contributed by atoms with Crippen molar-refractivity contribution in [2.45, 2.75) is 51.0 Å². The molecule has 7 nitrogen and oxygen atoms in total. The van der Waals surface area contributed by atoms with Crippen molar-refractivity contribution in [3.05, 3.63) is 29.3 Å². The molecule has 0 fully saturated rings. The van der Waals surface area contributed by atoms with Gasteiger partial charge >= 0.3 is 0 Å². The maximum atomic E-state index is 12.8. The lowest BCUT2D eigenvalue weighted by Gasteiger charge is -2.39. The second kappa shape index (κ2) is 6.79. The van der Waals surface area contributed by atoms with Crippen molar-refractivity contribution in [2.24, 2.45) is 0 Å². The Labute approximate surface area is 163 Å². The van der Waals surface area contributed by atoms with Crippen LogP contribution in [0.2, 0.25) is 0 Å². The molecular weight excluding hydrogens is 386 g/mol. The molecule has 0 saturated heterocycles. The van der Waals surface area contributed by atoms with Crippen molar-refractivity contribution in [3.63, 3.8) is 0 Å². The number of thiazole rings is 1. The standard InChI is InChI=1S/C18H23N3O4S2/c1-11(2)14-9-26-17(19-14)20-27(23,24)13-6-7-16-15(8-13)21(12(3)22)10-18(4,5)25-16/h6-9,11H,10H2,1-5H3,(H,19,20). The van der Waals surface area contributed by atoms with E-state index in [1.807, 2.05) is 33.1 Å². The number of fused-ring (bicyclic) bond motifs is 1. The molecular formula is C18H23N3O4S2. The molecule has 3 rings (SSSR count). The van der Waals surface area contributed by atoms with Gasteiger partial charge in [0.25, 0.3) is 10.0 Å². The molecule has 0 saturated carbocycles. The number of rotatable bonds is 4. The molecule has 2 aromatic rings. The van der Waals surface area contributed by atoms with Gasteiger partial charge in [0, 0.05) is 12.3 Å². The first-order chi connectivity index (χ1) is 12.5. The lowest BCUT2D eigenvalue weighted by Crippen LogP contribution is -2.48. The number of aromatic nitrogens is 1. The second-order valence-electron chi connectivity index (χ2n) is 7.43. The van der Waals surface area contributed by atoms with Gasteiger partial charge in [-0.25, -0.2) is 13.4 Å². The number of sulfonamides is 1. The molecule has 0 atom stereocenters. The van der Waals surface area contributed by atoms with Crippen LogP contribution in [-0.4, -0.2) is 31.5 Å². The minimum atomic E-state index is -3.83. The van der Waals surface area contributed by atoms with Gasteiger partial charge in [0.05, 0.1) is 22.8 Å². The molecule has 1 aliphatic rings. The van der Waals surface area contributed by atoms with E-state index in [4.69, 9.17) is 4.74 Å². The van der Waals surface area contributed by atoms with Crippen LogP contribution in [0.25, 0.3) is 0 Å². The Bertz CT molecular complexity index is 980. The SMILES string of the molecule is CC(=O)N1CC(C)(C)Oc2ccc(S(=O)(=O)Nc3nc(C(C)C)cs3)cc21. The Morgan fingerprint density at radius 3 is 2.67 bits per heavy atom. The molecule has 9 heteroatoms. The lowest BCUT2D eigenvalue weighted by molar-refractivity contribution is -0.117. The summed E-state index contributed by atoms with van der Waals surface area (Å²) in [5.74, 6) is 0.529. The van der Waals surface area contributed by atoms with Crippen LogP contribution >= 0.6 is 11.3 Å². The number of benzene rings is 1. The van der Waals surface area contributed by atoms with E-state index in [-0.39, 0.29) is 16.7 Å². The summed E-state index contributed by atoms with van der Waals surface area (Å²) in [7, 11) is -3.83. The largest absolute Gasteiger partial charge is 0.484 e. The van der Waals surface area contributed by atoms with Gasteiger partial charge < -0.3 is 9.64 Å². The molecule has 1 amide bonds. The van der Waals surface area contributed by atoms with Crippen LogP contribution in [0.3, 0.4) is 0 Å². The monoisotopic (exact) mass is 409 g/mol. The molecule has 1 aromatic heterocycles. The van der Waals surface area contributed by atoms with Gasteiger partial charge in [0.2, 0.25) is 5.91 Å². The third kappa shape index (κ3) is 4.08. The van der Waals surface area contributed by atoms with Crippen LogP contribution in [0.15, 0.2) is 28.5 Å². The van der Waals surface area contributed by atoms with Crippen LogP contribution in [0.4, 0.5) is 10.8 Å². The van der Waals surface area contributed by atoms with Crippen LogP contribution < -0.4 is 14.4 Å². The zero-order valence-corrected chi connectivity index (χ0v) is 17.6. The van der Waals surface area contributed by atoms with Crippen molar-refractivity contribution >= 4 is 38.1 Å².